The molecule has 2 N–H and O–H groups in total. The van der Waals surface area contributed by atoms with Crippen LogP contribution in [-0.2, 0) is 0 Å². The second-order valence-electron chi connectivity index (χ2n) is 6.60. The van der Waals surface area contributed by atoms with Gasteiger partial charge in [0.1, 0.15) is 5.75 Å². The van der Waals surface area contributed by atoms with Gasteiger partial charge in [-0.2, -0.15) is 0 Å². The van der Waals surface area contributed by atoms with Gasteiger partial charge in [0.05, 0.1) is 6.61 Å². The van der Waals surface area contributed by atoms with Gasteiger partial charge in [-0.3, -0.25) is 0 Å². The molecular weight excluding hydrogens is 284 g/mol. The van der Waals surface area contributed by atoms with Crippen LogP contribution in [0.4, 0.5) is 11.4 Å². The first kappa shape index (κ1) is 15.9. The Hall–Kier alpha value is -2.00. The molecule has 0 spiro atoms. The van der Waals surface area contributed by atoms with Crippen LogP contribution in [0.5, 0.6) is 5.75 Å². The van der Waals surface area contributed by atoms with Gasteiger partial charge in [-0.05, 0) is 48.2 Å². The largest absolute Gasteiger partial charge is 0.493 e. The lowest BCUT2D eigenvalue weighted by Gasteiger charge is -2.27. The van der Waals surface area contributed by atoms with Gasteiger partial charge in [0.25, 0.3) is 0 Å². The third kappa shape index (κ3) is 3.20. The van der Waals surface area contributed by atoms with Crippen molar-refractivity contribution in [2.45, 2.75) is 32.1 Å². The molecule has 2 aromatic carbocycles. The lowest BCUT2D eigenvalue weighted by Crippen LogP contribution is -2.21. The van der Waals surface area contributed by atoms with Gasteiger partial charge in [0.15, 0.2) is 0 Å². The summed E-state index contributed by atoms with van der Waals surface area (Å²) in [5, 5.41) is 0. The number of fused-ring (bicyclic) bond motifs is 1. The summed E-state index contributed by atoms with van der Waals surface area (Å²) in [7, 11) is 2.09. The van der Waals surface area contributed by atoms with Crippen LogP contribution in [-0.4, -0.2) is 20.2 Å². The van der Waals surface area contributed by atoms with E-state index in [4.69, 9.17) is 10.5 Å². The summed E-state index contributed by atoms with van der Waals surface area (Å²) in [4.78, 5) is 2.19. The average molecular weight is 310 g/mol. The predicted octanol–water partition coefficient (Wildman–Crippen LogP) is 4.40. The Balaban J connectivity index is 1.86. The second-order valence-corrected chi connectivity index (χ2v) is 6.60. The summed E-state index contributed by atoms with van der Waals surface area (Å²) in [5.41, 5.74) is 10.8. The van der Waals surface area contributed by atoms with E-state index >= 15 is 0 Å². The van der Waals surface area contributed by atoms with Crippen LogP contribution in [0.1, 0.15) is 43.2 Å². The minimum absolute atomic E-state index is 0.420. The van der Waals surface area contributed by atoms with Crippen molar-refractivity contribution in [1.29, 1.82) is 0 Å². The molecule has 0 aliphatic carbocycles. The zero-order valence-electron chi connectivity index (χ0n) is 14.3. The highest BCUT2D eigenvalue weighted by Gasteiger charge is 2.21. The highest BCUT2D eigenvalue weighted by Crippen LogP contribution is 2.37. The van der Waals surface area contributed by atoms with Crippen LogP contribution in [0.25, 0.3) is 0 Å². The molecule has 0 saturated carbocycles. The fraction of sp³-hybridized carbons (Fsp3) is 0.400. The molecule has 23 heavy (non-hydrogen) atoms. The fourth-order valence-electron chi connectivity index (χ4n) is 3.14. The molecule has 3 rings (SSSR count). The van der Waals surface area contributed by atoms with Gasteiger partial charge in [-0.1, -0.05) is 32.0 Å². The van der Waals surface area contributed by atoms with Crippen molar-refractivity contribution in [3.63, 3.8) is 0 Å². The molecule has 0 aromatic heterocycles. The molecule has 1 heterocycles. The van der Waals surface area contributed by atoms with Gasteiger partial charge in [0.2, 0.25) is 0 Å². The Morgan fingerprint density at radius 3 is 2.48 bits per heavy atom. The van der Waals surface area contributed by atoms with Crippen molar-refractivity contribution in [3.05, 3.63) is 53.6 Å². The topological polar surface area (TPSA) is 38.5 Å². The Morgan fingerprint density at radius 2 is 1.83 bits per heavy atom. The molecule has 3 nitrogen and oxygen atoms in total. The summed E-state index contributed by atoms with van der Waals surface area (Å²) in [6.07, 6.45) is 1.01. The van der Waals surface area contributed by atoms with Crippen molar-refractivity contribution in [2.75, 3.05) is 25.1 Å². The third-order valence-electron chi connectivity index (χ3n) is 4.78. The van der Waals surface area contributed by atoms with Gasteiger partial charge in [-0.15, -0.1) is 0 Å². The maximum Gasteiger partial charge on any atom is 0.124 e. The van der Waals surface area contributed by atoms with Gasteiger partial charge >= 0.3 is 0 Å². The minimum atomic E-state index is 0.420. The molecule has 1 aliphatic rings. The molecule has 0 amide bonds. The maximum absolute atomic E-state index is 5.88. The van der Waals surface area contributed by atoms with E-state index in [1.165, 1.54) is 16.8 Å². The summed E-state index contributed by atoms with van der Waals surface area (Å²) in [6.45, 7) is 5.87. The van der Waals surface area contributed by atoms with E-state index in [0.29, 0.717) is 18.4 Å². The van der Waals surface area contributed by atoms with Crippen molar-refractivity contribution < 1.29 is 4.74 Å². The highest BCUT2D eigenvalue weighted by molar-refractivity contribution is 5.65. The quantitative estimate of drug-likeness (QED) is 0.909. The minimum Gasteiger partial charge on any atom is -0.493 e. The van der Waals surface area contributed by atoms with Crippen molar-refractivity contribution >= 4 is 11.4 Å². The Kier molecular flexibility index (Phi) is 4.58. The number of anilines is 2. The molecule has 0 radical (unpaired) electrons. The lowest BCUT2D eigenvalue weighted by atomic mass is 9.93. The number of ether oxygens (including phenoxy) is 1. The lowest BCUT2D eigenvalue weighted by molar-refractivity contribution is 0.269. The maximum atomic E-state index is 5.88. The monoisotopic (exact) mass is 310 g/mol. The van der Waals surface area contributed by atoms with E-state index in [1.54, 1.807) is 0 Å². The summed E-state index contributed by atoms with van der Waals surface area (Å²) < 4.78 is 5.85. The van der Waals surface area contributed by atoms with Gasteiger partial charge in [-0.25, -0.2) is 0 Å². The molecule has 1 aliphatic heterocycles. The normalized spacial score (nSPS) is 16.8. The number of rotatable bonds is 4. The van der Waals surface area contributed by atoms with Crippen LogP contribution < -0.4 is 15.4 Å². The Bertz CT molecular complexity index is 664. The van der Waals surface area contributed by atoms with E-state index in [0.717, 1.165) is 24.5 Å². The SMILES string of the molecule is CC(C)c1ccc(N(C)c2ccc3c(c2)OCCC3CN)cc1. The summed E-state index contributed by atoms with van der Waals surface area (Å²) in [6, 6.07) is 15.2. The van der Waals surface area contributed by atoms with Crippen LogP contribution in [0.2, 0.25) is 0 Å². The first-order chi connectivity index (χ1) is 11.1. The van der Waals surface area contributed by atoms with Gasteiger partial charge in [0, 0.05) is 30.4 Å². The second kappa shape index (κ2) is 6.63. The van der Waals surface area contributed by atoms with Crippen LogP contribution in [0.15, 0.2) is 42.5 Å². The number of hydrogen-bond acceptors (Lipinski definition) is 3. The fourth-order valence-corrected chi connectivity index (χ4v) is 3.14. The molecule has 0 saturated heterocycles. The highest BCUT2D eigenvalue weighted by atomic mass is 16.5. The Morgan fingerprint density at radius 1 is 1.13 bits per heavy atom. The molecular formula is C20H26N2O. The number of benzene rings is 2. The van der Waals surface area contributed by atoms with E-state index in [1.807, 2.05) is 0 Å². The summed E-state index contributed by atoms with van der Waals surface area (Å²) >= 11 is 0. The van der Waals surface area contributed by atoms with Crippen molar-refractivity contribution in [1.82, 2.24) is 0 Å². The van der Waals surface area contributed by atoms with Crippen molar-refractivity contribution in [3.8, 4) is 5.75 Å². The average Bonchev–Trinajstić information content (AvgIpc) is 2.60. The molecule has 122 valence electrons. The van der Waals surface area contributed by atoms with E-state index < -0.39 is 0 Å². The molecule has 0 fully saturated rings. The van der Waals surface area contributed by atoms with Gasteiger partial charge < -0.3 is 15.4 Å². The van der Waals surface area contributed by atoms with Crippen LogP contribution in [0.3, 0.4) is 0 Å². The zero-order chi connectivity index (χ0) is 16.4. The van der Waals surface area contributed by atoms with E-state index in [2.05, 4.69) is 68.3 Å². The van der Waals surface area contributed by atoms with E-state index in [-0.39, 0.29) is 0 Å². The first-order valence-corrected chi connectivity index (χ1v) is 8.40. The molecule has 1 atom stereocenters. The molecule has 3 heteroatoms. The van der Waals surface area contributed by atoms with E-state index in [9.17, 15) is 0 Å². The predicted molar refractivity (Wildman–Crippen MR) is 96.9 cm³/mol. The third-order valence-corrected chi connectivity index (χ3v) is 4.78. The smallest absolute Gasteiger partial charge is 0.124 e. The van der Waals surface area contributed by atoms with Crippen LogP contribution >= 0.6 is 0 Å². The first-order valence-electron chi connectivity index (χ1n) is 8.40. The zero-order valence-corrected chi connectivity index (χ0v) is 14.3. The number of nitrogens with two attached hydrogens (primary N) is 1. The summed E-state index contributed by atoms with van der Waals surface area (Å²) in [5.74, 6) is 1.96. The molecule has 0 bridgehead atoms. The standard InChI is InChI=1S/C20H26N2O/c1-14(2)15-4-6-17(7-5-15)22(3)18-8-9-19-16(13-21)10-11-23-20(19)12-18/h4-9,12,14,16H,10-11,13,21H2,1-3H3. The van der Waals surface area contributed by atoms with Crippen LogP contribution in [0, 0.1) is 0 Å². The van der Waals surface area contributed by atoms with Crippen molar-refractivity contribution in [2.24, 2.45) is 5.73 Å². The molecule has 1 unspecified atom stereocenters. The molecule has 2 aromatic rings. The Labute approximate surface area is 139 Å². The number of hydrogen-bond donors (Lipinski definition) is 1. The number of nitrogens with zero attached hydrogens (tertiary/aromatic N) is 1.